The molecular weight excluding hydrogens is 386 g/mol. The quantitative estimate of drug-likeness (QED) is 0.697. The molecule has 1 aromatic carbocycles. The van der Waals surface area contributed by atoms with Crippen LogP contribution in [0, 0.1) is 5.92 Å². The predicted molar refractivity (Wildman–Crippen MR) is 115 cm³/mol. The van der Waals surface area contributed by atoms with Gasteiger partial charge in [-0.25, -0.2) is 4.98 Å². The Kier molecular flexibility index (Phi) is 4.73. The summed E-state index contributed by atoms with van der Waals surface area (Å²) >= 11 is 3.58. The highest BCUT2D eigenvalue weighted by molar-refractivity contribution is 7.18. The normalized spacial score (nSPS) is 22.8. The molecule has 1 N–H and O–H groups in total. The molecular formula is C22H26N3OS2+. The van der Waals surface area contributed by atoms with E-state index in [1.54, 1.807) is 16.2 Å². The van der Waals surface area contributed by atoms with E-state index in [1.807, 2.05) is 41.5 Å². The van der Waals surface area contributed by atoms with Gasteiger partial charge in [0.2, 0.25) is 0 Å². The third-order valence-electron chi connectivity index (χ3n) is 6.34. The first-order valence-electron chi connectivity index (χ1n) is 10.1. The molecule has 3 aromatic rings. The van der Waals surface area contributed by atoms with E-state index in [9.17, 15) is 4.79 Å². The van der Waals surface area contributed by atoms with Crippen molar-refractivity contribution >= 4 is 38.8 Å². The maximum absolute atomic E-state index is 13.2. The number of nitrogens with one attached hydrogen (secondary N) is 1. The Morgan fingerprint density at radius 2 is 2.14 bits per heavy atom. The minimum atomic E-state index is 0.00479. The van der Waals surface area contributed by atoms with Crippen LogP contribution in [0.2, 0.25) is 0 Å². The van der Waals surface area contributed by atoms with E-state index in [0.29, 0.717) is 12.6 Å². The Morgan fingerprint density at radius 1 is 1.32 bits per heavy atom. The van der Waals surface area contributed by atoms with Crippen molar-refractivity contribution < 1.29 is 9.69 Å². The number of amides is 1. The number of fused-ring (bicyclic) bond motifs is 2. The SMILES string of the molecule is C[C@H](c1nc2ccccc2s1)N(C)C(=O)C[NH+]1CCc2sccc2[C@@H]1C1CC1. The zero-order valence-electron chi connectivity index (χ0n) is 16.4. The van der Waals surface area contributed by atoms with E-state index in [2.05, 4.69) is 24.4 Å². The molecule has 3 atom stereocenters. The van der Waals surface area contributed by atoms with Gasteiger partial charge in [0.25, 0.3) is 5.91 Å². The Balaban J connectivity index is 1.32. The second-order valence-electron chi connectivity index (χ2n) is 8.15. The minimum Gasteiger partial charge on any atom is -0.332 e. The highest BCUT2D eigenvalue weighted by Gasteiger charge is 2.44. The lowest BCUT2D eigenvalue weighted by atomic mass is 9.96. The number of thiazole rings is 1. The fourth-order valence-electron chi connectivity index (χ4n) is 4.46. The number of likely N-dealkylation sites (N-methyl/N-ethyl adjacent to an activating group) is 1. The summed E-state index contributed by atoms with van der Waals surface area (Å²) in [4.78, 5) is 22.8. The van der Waals surface area contributed by atoms with Gasteiger partial charge in [0.1, 0.15) is 11.0 Å². The van der Waals surface area contributed by atoms with Crippen LogP contribution in [0.1, 0.15) is 47.3 Å². The summed E-state index contributed by atoms with van der Waals surface area (Å²) in [6, 6.07) is 11.0. The topological polar surface area (TPSA) is 37.6 Å². The van der Waals surface area contributed by atoms with E-state index in [-0.39, 0.29) is 11.9 Å². The standard InChI is InChI=1S/C22H25N3OS2/c1-14(22-23-17-5-3-4-6-19(17)28-22)24(2)20(26)13-25-11-9-18-16(10-12-27-18)21(25)15-7-8-15/h3-6,10,12,14-15,21H,7-9,11,13H2,1-2H3/p+1/t14-,21+/m1/s1. The number of benzene rings is 1. The Bertz CT molecular complexity index is 973. The van der Waals surface area contributed by atoms with Crippen molar-refractivity contribution in [2.75, 3.05) is 20.1 Å². The third kappa shape index (κ3) is 3.27. The number of hydrogen-bond donors (Lipinski definition) is 1. The van der Waals surface area contributed by atoms with Crippen LogP contribution in [0.4, 0.5) is 0 Å². The smallest absolute Gasteiger partial charge is 0.278 e. The van der Waals surface area contributed by atoms with E-state index in [0.717, 1.165) is 29.4 Å². The summed E-state index contributed by atoms with van der Waals surface area (Å²) in [7, 11) is 1.94. The zero-order chi connectivity index (χ0) is 19.3. The highest BCUT2D eigenvalue weighted by atomic mass is 32.1. The van der Waals surface area contributed by atoms with Gasteiger partial charge in [-0.05, 0) is 43.3 Å². The third-order valence-corrected chi connectivity index (χ3v) is 8.54. The Hall–Kier alpha value is -1.76. The lowest BCUT2D eigenvalue weighted by Gasteiger charge is -2.34. The van der Waals surface area contributed by atoms with Crippen molar-refractivity contribution in [2.24, 2.45) is 5.92 Å². The first-order chi connectivity index (χ1) is 13.6. The van der Waals surface area contributed by atoms with Crippen LogP contribution in [0.3, 0.4) is 0 Å². The minimum absolute atomic E-state index is 0.00479. The monoisotopic (exact) mass is 412 g/mol. The number of carbonyl (C=O) groups is 1. The van der Waals surface area contributed by atoms with E-state index >= 15 is 0 Å². The number of carbonyl (C=O) groups excluding carboxylic acids is 1. The van der Waals surface area contributed by atoms with E-state index in [4.69, 9.17) is 4.98 Å². The van der Waals surface area contributed by atoms with Crippen molar-refractivity contribution in [1.82, 2.24) is 9.88 Å². The van der Waals surface area contributed by atoms with Gasteiger partial charge in [0, 0.05) is 29.8 Å². The summed E-state index contributed by atoms with van der Waals surface area (Å²) in [6.07, 6.45) is 3.74. The van der Waals surface area contributed by atoms with Crippen molar-refractivity contribution in [3.8, 4) is 0 Å². The number of hydrogen-bond acceptors (Lipinski definition) is 4. The molecule has 28 heavy (non-hydrogen) atoms. The van der Waals surface area contributed by atoms with Gasteiger partial charge in [-0.2, -0.15) is 0 Å². The maximum atomic E-state index is 13.2. The summed E-state index contributed by atoms with van der Waals surface area (Å²) in [6.45, 7) is 3.75. The molecule has 2 aliphatic rings. The van der Waals surface area contributed by atoms with Crippen LogP contribution in [-0.2, 0) is 11.2 Å². The largest absolute Gasteiger partial charge is 0.332 e. The van der Waals surface area contributed by atoms with Gasteiger partial charge in [0.15, 0.2) is 6.54 Å². The lowest BCUT2D eigenvalue weighted by Crippen LogP contribution is -3.14. The number of nitrogens with zero attached hydrogens (tertiary/aromatic N) is 2. The summed E-state index contributed by atoms with van der Waals surface area (Å²) < 4.78 is 1.19. The molecule has 1 fully saturated rings. The van der Waals surface area contributed by atoms with Crippen LogP contribution in [0.25, 0.3) is 10.2 Å². The van der Waals surface area contributed by atoms with E-state index < -0.39 is 0 Å². The van der Waals surface area contributed by atoms with Crippen LogP contribution in [-0.4, -0.2) is 35.9 Å². The molecule has 0 radical (unpaired) electrons. The molecule has 1 saturated carbocycles. The molecule has 2 aromatic heterocycles. The molecule has 4 nitrogen and oxygen atoms in total. The maximum Gasteiger partial charge on any atom is 0.278 e. The van der Waals surface area contributed by atoms with Crippen LogP contribution < -0.4 is 4.90 Å². The van der Waals surface area contributed by atoms with Crippen molar-refractivity contribution in [3.05, 3.63) is 51.2 Å². The molecule has 0 spiro atoms. The highest BCUT2D eigenvalue weighted by Crippen LogP contribution is 2.42. The molecule has 0 saturated heterocycles. The number of rotatable bonds is 5. The summed E-state index contributed by atoms with van der Waals surface area (Å²) in [5.41, 5.74) is 2.54. The van der Waals surface area contributed by atoms with Crippen LogP contribution in [0.15, 0.2) is 35.7 Å². The molecule has 1 aliphatic carbocycles. The molecule has 1 unspecified atom stereocenters. The van der Waals surface area contributed by atoms with Gasteiger partial charge < -0.3 is 9.80 Å². The van der Waals surface area contributed by atoms with Crippen LogP contribution >= 0.6 is 22.7 Å². The van der Waals surface area contributed by atoms with E-state index in [1.165, 1.54) is 28.0 Å². The molecule has 1 aliphatic heterocycles. The zero-order valence-corrected chi connectivity index (χ0v) is 18.0. The summed E-state index contributed by atoms with van der Waals surface area (Å²) in [5.74, 6) is 0.995. The van der Waals surface area contributed by atoms with Gasteiger partial charge in [-0.1, -0.05) is 12.1 Å². The van der Waals surface area contributed by atoms with Crippen molar-refractivity contribution in [2.45, 2.75) is 38.3 Å². The Morgan fingerprint density at radius 3 is 2.93 bits per heavy atom. The first kappa shape index (κ1) is 18.3. The first-order valence-corrected chi connectivity index (χ1v) is 11.8. The average molecular weight is 413 g/mol. The second-order valence-corrected chi connectivity index (χ2v) is 10.2. The molecule has 3 heterocycles. The number of para-hydroxylation sites is 1. The number of quaternary nitrogens is 1. The number of thiophene rings is 1. The van der Waals surface area contributed by atoms with Gasteiger partial charge in [-0.15, -0.1) is 22.7 Å². The summed E-state index contributed by atoms with van der Waals surface area (Å²) in [5, 5.41) is 3.25. The van der Waals surface area contributed by atoms with Crippen LogP contribution in [0.5, 0.6) is 0 Å². The average Bonchev–Trinajstić information content (AvgIpc) is 3.26. The predicted octanol–water partition coefficient (Wildman–Crippen LogP) is 3.47. The molecule has 1 amide bonds. The molecule has 5 rings (SSSR count). The lowest BCUT2D eigenvalue weighted by molar-refractivity contribution is -0.929. The van der Waals surface area contributed by atoms with Crippen molar-refractivity contribution in [3.63, 3.8) is 0 Å². The fourth-order valence-corrected chi connectivity index (χ4v) is 6.46. The van der Waals surface area contributed by atoms with Crippen molar-refractivity contribution in [1.29, 1.82) is 0 Å². The molecule has 6 heteroatoms. The van der Waals surface area contributed by atoms with Gasteiger partial charge in [-0.3, -0.25) is 4.79 Å². The fraction of sp³-hybridized carbons (Fsp3) is 0.455. The van der Waals surface area contributed by atoms with Gasteiger partial charge >= 0.3 is 0 Å². The molecule has 146 valence electrons. The molecule has 0 bridgehead atoms. The Labute approximate surface area is 173 Å². The number of aromatic nitrogens is 1. The van der Waals surface area contributed by atoms with Gasteiger partial charge in [0.05, 0.1) is 22.8 Å². The second kappa shape index (κ2) is 7.25.